The Balaban J connectivity index is 3.39. The van der Waals surface area contributed by atoms with Gasteiger partial charge in [0.05, 0.1) is 5.75 Å². The highest BCUT2D eigenvalue weighted by atomic mass is 32.2. The van der Waals surface area contributed by atoms with Gasteiger partial charge in [0.15, 0.2) is 0 Å². The molecule has 3 N–H and O–H groups in total. The topological polar surface area (TPSA) is 89.3 Å². The number of hydrogen-bond donors (Lipinski definition) is 2. The van der Waals surface area contributed by atoms with Crippen LogP contribution in [0.1, 0.15) is 39.0 Å². The molecule has 0 radical (unpaired) electrons. The van der Waals surface area contributed by atoms with Crippen LogP contribution in [0, 0.1) is 0 Å². The predicted octanol–water partition coefficient (Wildman–Crippen LogP) is 0.362. The molecule has 0 aromatic heterocycles. The largest absolute Gasteiger partial charge is 0.356 e. The van der Waals surface area contributed by atoms with Crippen molar-refractivity contribution < 1.29 is 13.2 Å². The van der Waals surface area contributed by atoms with Crippen molar-refractivity contribution >= 4 is 15.9 Å². The number of carbonyl (C=O) groups is 1. The highest BCUT2D eigenvalue weighted by Crippen LogP contribution is 1.98. The van der Waals surface area contributed by atoms with Gasteiger partial charge in [-0.25, -0.2) is 13.6 Å². The van der Waals surface area contributed by atoms with Gasteiger partial charge in [0.2, 0.25) is 15.9 Å². The molecule has 0 atom stereocenters. The van der Waals surface area contributed by atoms with E-state index >= 15 is 0 Å². The van der Waals surface area contributed by atoms with Gasteiger partial charge in [-0.1, -0.05) is 19.8 Å². The Hall–Kier alpha value is -0.620. The van der Waals surface area contributed by atoms with Crippen LogP contribution in [0.4, 0.5) is 0 Å². The highest BCUT2D eigenvalue weighted by Gasteiger charge is 2.03. The van der Waals surface area contributed by atoms with E-state index in [0.29, 0.717) is 19.4 Å². The van der Waals surface area contributed by atoms with Crippen molar-refractivity contribution in [2.45, 2.75) is 39.0 Å². The molecule has 90 valence electrons. The quantitative estimate of drug-likeness (QED) is 0.596. The zero-order valence-electron chi connectivity index (χ0n) is 9.16. The van der Waals surface area contributed by atoms with Crippen molar-refractivity contribution in [3.8, 4) is 0 Å². The molecule has 0 unspecified atom stereocenters. The SMILES string of the molecule is CCCCCC(=O)NCCCS(N)(=O)=O. The maximum atomic E-state index is 11.2. The fraction of sp³-hybridized carbons (Fsp3) is 0.889. The van der Waals surface area contributed by atoms with Crippen LogP contribution in [0.2, 0.25) is 0 Å². The van der Waals surface area contributed by atoms with Crippen molar-refractivity contribution in [3.05, 3.63) is 0 Å². The standard InChI is InChI=1S/C9H20N2O3S/c1-2-3-4-6-9(12)11-7-5-8-15(10,13)14/h2-8H2,1H3,(H,11,12)(H2,10,13,14). The Morgan fingerprint density at radius 3 is 2.47 bits per heavy atom. The number of carbonyl (C=O) groups excluding carboxylic acids is 1. The van der Waals surface area contributed by atoms with Crippen LogP contribution in [-0.4, -0.2) is 26.6 Å². The molecule has 0 bridgehead atoms. The van der Waals surface area contributed by atoms with Gasteiger partial charge in [-0.15, -0.1) is 0 Å². The summed E-state index contributed by atoms with van der Waals surface area (Å²) in [4.78, 5) is 11.2. The number of hydrogen-bond acceptors (Lipinski definition) is 3. The second-order valence-corrected chi connectivity index (χ2v) is 5.26. The fourth-order valence-corrected chi connectivity index (χ4v) is 1.67. The summed E-state index contributed by atoms with van der Waals surface area (Å²) in [5, 5.41) is 7.47. The van der Waals surface area contributed by atoms with E-state index in [-0.39, 0.29) is 11.7 Å². The monoisotopic (exact) mass is 236 g/mol. The number of amides is 1. The van der Waals surface area contributed by atoms with Gasteiger partial charge >= 0.3 is 0 Å². The molecule has 15 heavy (non-hydrogen) atoms. The van der Waals surface area contributed by atoms with E-state index in [2.05, 4.69) is 12.2 Å². The number of nitrogens with one attached hydrogen (secondary N) is 1. The number of nitrogens with two attached hydrogens (primary N) is 1. The molecule has 0 aromatic rings. The summed E-state index contributed by atoms with van der Waals surface area (Å²) >= 11 is 0. The Morgan fingerprint density at radius 1 is 1.27 bits per heavy atom. The number of rotatable bonds is 8. The van der Waals surface area contributed by atoms with E-state index < -0.39 is 10.0 Å². The van der Waals surface area contributed by atoms with Crippen LogP contribution in [-0.2, 0) is 14.8 Å². The smallest absolute Gasteiger partial charge is 0.219 e. The third kappa shape index (κ3) is 11.3. The van der Waals surface area contributed by atoms with Gasteiger partial charge in [0, 0.05) is 13.0 Å². The van der Waals surface area contributed by atoms with Crippen LogP contribution < -0.4 is 10.5 Å². The fourth-order valence-electron chi connectivity index (χ4n) is 1.13. The van der Waals surface area contributed by atoms with E-state index in [9.17, 15) is 13.2 Å². The minimum Gasteiger partial charge on any atom is -0.356 e. The van der Waals surface area contributed by atoms with E-state index in [1.54, 1.807) is 0 Å². The van der Waals surface area contributed by atoms with Crippen LogP contribution in [0.3, 0.4) is 0 Å². The Bertz CT molecular complexity index is 275. The second kappa shape index (κ2) is 7.64. The van der Waals surface area contributed by atoms with Crippen molar-refractivity contribution in [2.75, 3.05) is 12.3 Å². The first-order valence-corrected chi connectivity index (χ1v) is 6.94. The number of unbranched alkanes of at least 4 members (excludes halogenated alkanes) is 2. The lowest BCUT2D eigenvalue weighted by molar-refractivity contribution is -0.121. The molecule has 6 heteroatoms. The van der Waals surface area contributed by atoms with Gasteiger partial charge < -0.3 is 5.32 Å². The Morgan fingerprint density at radius 2 is 1.93 bits per heavy atom. The van der Waals surface area contributed by atoms with Crippen LogP contribution in [0.25, 0.3) is 0 Å². The van der Waals surface area contributed by atoms with Gasteiger partial charge in [-0.2, -0.15) is 0 Å². The van der Waals surface area contributed by atoms with E-state index in [4.69, 9.17) is 5.14 Å². The Labute approximate surface area is 91.5 Å². The third-order valence-electron chi connectivity index (χ3n) is 1.94. The summed E-state index contributed by atoms with van der Waals surface area (Å²) in [6.45, 7) is 2.45. The lowest BCUT2D eigenvalue weighted by Gasteiger charge is -2.03. The number of sulfonamides is 1. The lowest BCUT2D eigenvalue weighted by Crippen LogP contribution is -2.27. The van der Waals surface area contributed by atoms with Crippen molar-refractivity contribution in [1.29, 1.82) is 0 Å². The van der Waals surface area contributed by atoms with Crippen molar-refractivity contribution in [1.82, 2.24) is 5.32 Å². The summed E-state index contributed by atoms with van der Waals surface area (Å²) in [7, 11) is -3.39. The molecule has 0 rings (SSSR count). The zero-order chi connectivity index (χ0) is 11.7. The summed E-state index contributed by atoms with van der Waals surface area (Å²) in [6, 6.07) is 0. The first-order valence-electron chi connectivity index (χ1n) is 5.23. The summed E-state index contributed by atoms with van der Waals surface area (Å²) in [5.74, 6) is -0.0970. The highest BCUT2D eigenvalue weighted by molar-refractivity contribution is 7.89. The summed E-state index contributed by atoms with van der Waals surface area (Å²) in [5.41, 5.74) is 0. The van der Waals surface area contributed by atoms with Crippen LogP contribution >= 0.6 is 0 Å². The second-order valence-electron chi connectivity index (χ2n) is 3.53. The van der Waals surface area contributed by atoms with Crippen molar-refractivity contribution in [2.24, 2.45) is 5.14 Å². The molecule has 0 aliphatic heterocycles. The van der Waals surface area contributed by atoms with E-state index in [0.717, 1.165) is 19.3 Å². The predicted molar refractivity (Wildman–Crippen MR) is 59.7 cm³/mol. The van der Waals surface area contributed by atoms with Gasteiger partial charge in [0.25, 0.3) is 0 Å². The van der Waals surface area contributed by atoms with Gasteiger partial charge in [-0.05, 0) is 12.8 Å². The first-order chi connectivity index (χ1) is 6.95. The average molecular weight is 236 g/mol. The molecule has 0 fully saturated rings. The molecule has 0 aliphatic rings. The molecule has 1 amide bonds. The third-order valence-corrected chi connectivity index (χ3v) is 2.79. The molecule has 0 saturated heterocycles. The molecule has 0 saturated carbocycles. The van der Waals surface area contributed by atoms with E-state index in [1.807, 2.05) is 0 Å². The number of primary sulfonamides is 1. The Kier molecular flexibility index (Phi) is 7.33. The molecule has 5 nitrogen and oxygen atoms in total. The molecule has 0 aliphatic carbocycles. The molecule has 0 aromatic carbocycles. The summed E-state index contributed by atoms with van der Waals surface area (Å²) < 4.78 is 21.1. The van der Waals surface area contributed by atoms with Crippen molar-refractivity contribution in [3.63, 3.8) is 0 Å². The van der Waals surface area contributed by atoms with Crippen LogP contribution in [0.5, 0.6) is 0 Å². The molecular formula is C9H20N2O3S. The zero-order valence-corrected chi connectivity index (χ0v) is 9.98. The van der Waals surface area contributed by atoms with Gasteiger partial charge in [-0.3, -0.25) is 4.79 Å². The molecule has 0 spiro atoms. The minimum absolute atomic E-state index is 0.0159. The van der Waals surface area contributed by atoms with E-state index in [1.165, 1.54) is 0 Å². The average Bonchev–Trinajstić information content (AvgIpc) is 2.11. The van der Waals surface area contributed by atoms with Gasteiger partial charge in [0.1, 0.15) is 0 Å². The lowest BCUT2D eigenvalue weighted by atomic mass is 10.2. The van der Waals surface area contributed by atoms with Crippen LogP contribution in [0.15, 0.2) is 0 Å². The molecule has 0 heterocycles. The maximum absolute atomic E-state index is 11.2. The maximum Gasteiger partial charge on any atom is 0.219 e. The normalized spacial score (nSPS) is 11.3. The molecular weight excluding hydrogens is 216 g/mol. The first kappa shape index (κ1) is 14.4. The summed E-state index contributed by atoms with van der Waals surface area (Å²) in [6.07, 6.45) is 3.91. The minimum atomic E-state index is -3.39.